The Morgan fingerprint density at radius 2 is 1.89 bits per heavy atom. The Kier molecular flexibility index (Phi) is 4.13. The van der Waals surface area contributed by atoms with Crippen LogP contribution in [0.2, 0.25) is 5.31 Å². The molecular formula is C15H30BNO. The highest BCUT2D eigenvalue weighted by Gasteiger charge is 2.47. The Hall–Kier alpha value is -0.0151. The fraction of sp³-hybridized carbons (Fsp3) is 1.00. The van der Waals surface area contributed by atoms with Gasteiger partial charge in [0, 0.05) is 12.6 Å². The topological polar surface area (TPSA) is 12.5 Å². The van der Waals surface area contributed by atoms with Crippen LogP contribution in [0.1, 0.15) is 46.0 Å². The monoisotopic (exact) mass is 251 g/mol. The number of rotatable bonds is 2. The number of likely N-dealkylation sites (N-methyl/N-ethyl adjacent to an activating group) is 1. The second-order valence-electron chi connectivity index (χ2n) is 7.61. The lowest BCUT2D eigenvalue weighted by molar-refractivity contribution is -0.0589. The Balaban J connectivity index is 2.19. The molecule has 0 aromatic heterocycles. The number of ether oxygens (including phenoxy) is 1. The molecule has 0 aromatic rings. The van der Waals surface area contributed by atoms with Gasteiger partial charge in [0.15, 0.2) is 0 Å². The van der Waals surface area contributed by atoms with E-state index >= 15 is 0 Å². The molecule has 1 aliphatic heterocycles. The average molecular weight is 251 g/mol. The first kappa shape index (κ1) is 14.4. The van der Waals surface area contributed by atoms with Crippen LogP contribution in [0.4, 0.5) is 0 Å². The molecule has 2 aliphatic rings. The normalized spacial score (nSPS) is 46.4. The fourth-order valence-electron chi connectivity index (χ4n) is 4.26. The van der Waals surface area contributed by atoms with Gasteiger partial charge in [-0.3, -0.25) is 4.90 Å². The minimum atomic E-state index is 0.248. The third-order valence-corrected chi connectivity index (χ3v) is 5.84. The highest BCUT2D eigenvalue weighted by molar-refractivity contribution is 6.14. The molecule has 18 heavy (non-hydrogen) atoms. The van der Waals surface area contributed by atoms with Crippen LogP contribution in [0, 0.1) is 11.8 Å². The summed E-state index contributed by atoms with van der Waals surface area (Å²) in [4.78, 5) is 2.55. The van der Waals surface area contributed by atoms with Crippen molar-refractivity contribution < 1.29 is 4.74 Å². The van der Waals surface area contributed by atoms with Crippen LogP contribution >= 0.6 is 0 Å². The van der Waals surface area contributed by atoms with Crippen molar-refractivity contribution in [2.75, 3.05) is 27.3 Å². The van der Waals surface area contributed by atoms with E-state index in [-0.39, 0.29) is 5.54 Å². The average Bonchev–Trinajstić information content (AvgIpc) is 2.45. The predicted octanol–water partition coefficient (Wildman–Crippen LogP) is 2.35. The zero-order valence-electron chi connectivity index (χ0n) is 13.0. The molecule has 2 rings (SSSR count). The first-order chi connectivity index (χ1) is 8.39. The summed E-state index contributed by atoms with van der Waals surface area (Å²) in [5, 5.41) is 0.546. The lowest BCUT2D eigenvalue weighted by Crippen LogP contribution is -2.58. The highest BCUT2D eigenvalue weighted by atomic mass is 16.5. The minimum Gasteiger partial charge on any atom is -0.383 e. The summed E-state index contributed by atoms with van der Waals surface area (Å²) in [6.45, 7) is 6.99. The third kappa shape index (κ3) is 2.62. The van der Waals surface area contributed by atoms with E-state index in [1.807, 2.05) is 7.11 Å². The van der Waals surface area contributed by atoms with Crippen molar-refractivity contribution in [1.82, 2.24) is 4.90 Å². The van der Waals surface area contributed by atoms with Gasteiger partial charge in [-0.1, -0.05) is 31.5 Å². The summed E-state index contributed by atoms with van der Waals surface area (Å²) < 4.78 is 5.55. The molecule has 4 atom stereocenters. The summed E-state index contributed by atoms with van der Waals surface area (Å²) in [6, 6.07) is 0. The number of nitrogens with zero attached hydrogens (tertiary/aromatic N) is 1. The molecule has 1 saturated heterocycles. The van der Waals surface area contributed by atoms with E-state index in [9.17, 15) is 0 Å². The van der Waals surface area contributed by atoms with Crippen LogP contribution in [0.5, 0.6) is 0 Å². The second kappa shape index (κ2) is 5.17. The van der Waals surface area contributed by atoms with Gasteiger partial charge in [0.1, 0.15) is 7.85 Å². The Bertz CT molecular complexity index is 294. The van der Waals surface area contributed by atoms with E-state index in [1.165, 1.54) is 38.6 Å². The maximum absolute atomic E-state index is 5.55. The lowest BCUT2D eigenvalue weighted by Gasteiger charge is -2.51. The molecule has 104 valence electrons. The summed E-state index contributed by atoms with van der Waals surface area (Å²) in [5.74, 6) is 1.74. The molecule has 0 N–H and O–H groups in total. The van der Waals surface area contributed by atoms with Crippen molar-refractivity contribution in [3.8, 4) is 0 Å². The maximum Gasteiger partial charge on any atom is 0.109 e. The third-order valence-electron chi connectivity index (χ3n) is 5.84. The van der Waals surface area contributed by atoms with Crippen LogP contribution < -0.4 is 0 Å². The van der Waals surface area contributed by atoms with Crippen molar-refractivity contribution in [2.45, 2.75) is 56.8 Å². The lowest BCUT2D eigenvalue weighted by atomic mass is 9.65. The molecular weight excluding hydrogens is 221 g/mol. The van der Waals surface area contributed by atoms with E-state index in [0.29, 0.717) is 5.31 Å². The van der Waals surface area contributed by atoms with Crippen molar-refractivity contribution >= 4 is 7.85 Å². The predicted molar refractivity (Wildman–Crippen MR) is 79.9 cm³/mol. The van der Waals surface area contributed by atoms with Gasteiger partial charge in [-0.2, -0.15) is 0 Å². The van der Waals surface area contributed by atoms with Crippen molar-refractivity contribution in [3.05, 3.63) is 0 Å². The molecule has 0 radical (unpaired) electrons. The van der Waals surface area contributed by atoms with Gasteiger partial charge >= 0.3 is 0 Å². The van der Waals surface area contributed by atoms with Crippen molar-refractivity contribution in [1.29, 1.82) is 0 Å². The summed E-state index contributed by atoms with van der Waals surface area (Å²) in [6.07, 6.45) is 6.96. The van der Waals surface area contributed by atoms with Gasteiger partial charge in [0.25, 0.3) is 0 Å². The van der Waals surface area contributed by atoms with Gasteiger partial charge in [-0.05, 0) is 45.2 Å². The number of methoxy groups -OCH3 is 1. The van der Waals surface area contributed by atoms with E-state index in [2.05, 4.69) is 33.6 Å². The summed E-state index contributed by atoms with van der Waals surface area (Å²) in [7, 11) is 6.58. The standard InChI is InChI=1S/C15H30BNO/c1-14(16)8-5-12-7-10-17(3)15(2,11-18-4)13(12)6-9-14/h12-13H,5-11,16H2,1-4H3. The smallest absolute Gasteiger partial charge is 0.109 e. The largest absolute Gasteiger partial charge is 0.383 e. The molecule has 4 unspecified atom stereocenters. The second-order valence-corrected chi connectivity index (χ2v) is 7.61. The molecule has 1 saturated carbocycles. The zero-order valence-corrected chi connectivity index (χ0v) is 13.0. The Labute approximate surface area is 114 Å². The van der Waals surface area contributed by atoms with Crippen LogP contribution in [0.25, 0.3) is 0 Å². The van der Waals surface area contributed by atoms with E-state index in [4.69, 9.17) is 4.74 Å². The Morgan fingerprint density at radius 3 is 2.56 bits per heavy atom. The molecule has 0 spiro atoms. The molecule has 3 heteroatoms. The zero-order chi connectivity index (χ0) is 13.4. The molecule has 0 bridgehead atoms. The molecule has 2 fully saturated rings. The van der Waals surface area contributed by atoms with E-state index in [1.54, 1.807) is 0 Å². The van der Waals surface area contributed by atoms with Crippen molar-refractivity contribution in [3.63, 3.8) is 0 Å². The van der Waals surface area contributed by atoms with Gasteiger partial charge in [0.05, 0.1) is 6.61 Å². The number of likely N-dealkylation sites (tertiary alicyclic amines) is 1. The number of piperidine rings is 1. The van der Waals surface area contributed by atoms with Gasteiger partial charge in [0.2, 0.25) is 0 Å². The van der Waals surface area contributed by atoms with Crippen molar-refractivity contribution in [2.24, 2.45) is 11.8 Å². The first-order valence-corrected chi connectivity index (χ1v) is 7.59. The van der Waals surface area contributed by atoms with Crippen LogP contribution in [0.15, 0.2) is 0 Å². The first-order valence-electron chi connectivity index (χ1n) is 7.59. The summed E-state index contributed by atoms with van der Waals surface area (Å²) >= 11 is 0. The molecule has 1 aliphatic carbocycles. The van der Waals surface area contributed by atoms with Gasteiger partial charge in [-0.25, -0.2) is 0 Å². The fourth-order valence-corrected chi connectivity index (χ4v) is 4.26. The quantitative estimate of drug-likeness (QED) is 0.698. The maximum atomic E-state index is 5.55. The summed E-state index contributed by atoms with van der Waals surface area (Å²) in [5.41, 5.74) is 0.248. The van der Waals surface area contributed by atoms with Crippen LogP contribution in [-0.2, 0) is 4.74 Å². The molecule has 2 nitrogen and oxygen atoms in total. The Morgan fingerprint density at radius 1 is 1.22 bits per heavy atom. The number of hydrogen-bond donors (Lipinski definition) is 0. The molecule has 0 amide bonds. The van der Waals surface area contributed by atoms with Crippen LogP contribution in [0.3, 0.4) is 0 Å². The number of fused-ring (bicyclic) bond motifs is 1. The highest BCUT2D eigenvalue weighted by Crippen LogP contribution is 2.49. The molecule has 1 heterocycles. The van der Waals surface area contributed by atoms with E-state index in [0.717, 1.165) is 18.4 Å². The van der Waals surface area contributed by atoms with Gasteiger partial charge in [-0.15, -0.1) is 0 Å². The van der Waals surface area contributed by atoms with Crippen LogP contribution in [-0.4, -0.2) is 45.6 Å². The molecule has 0 aromatic carbocycles. The van der Waals surface area contributed by atoms with E-state index < -0.39 is 0 Å². The minimum absolute atomic E-state index is 0.248. The number of hydrogen-bond acceptors (Lipinski definition) is 2. The van der Waals surface area contributed by atoms with Gasteiger partial charge < -0.3 is 4.74 Å². The SMILES string of the molecule is BC1(C)CCC2CCN(C)C(C)(COC)C2CC1.